The van der Waals surface area contributed by atoms with Gasteiger partial charge in [-0.05, 0) is 30.7 Å². The lowest BCUT2D eigenvalue weighted by atomic mass is 10.2. The number of nitro groups is 1. The van der Waals surface area contributed by atoms with Gasteiger partial charge < -0.3 is 10.4 Å². The summed E-state index contributed by atoms with van der Waals surface area (Å²) in [4.78, 5) is 33.6. The molecule has 0 bridgehead atoms. The number of phenolic OH excluding ortho intramolecular Hbond substituents is 1. The molecule has 2 aromatic carbocycles. The lowest BCUT2D eigenvalue weighted by Gasteiger charge is -2.05. The fourth-order valence-corrected chi connectivity index (χ4v) is 2.11. The molecule has 0 aliphatic heterocycles. The Kier molecular flexibility index (Phi) is 7.00. The molecule has 0 aliphatic rings. The molecule has 2 aromatic rings. The van der Waals surface area contributed by atoms with Gasteiger partial charge in [-0.25, -0.2) is 5.43 Å². The first-order valence-corrected chi connectivity index (χ1v) is 8.10. The van der Waals surface area contributed by atoms with E-state index >= 15 is 0 Å². The molecule has 0 spiro atoms. The van der Waals surface area contributed by atoms with Crippen LogP contribution in [0.15, 0.2) is 53.6 Å². The van der Waals surface area contributed by atoms with Crippen molar-refractivity contribution in [2.45, 2.75) is 12.8 Å². The van der Waals surface area contributed by atoms with Gasteiger partial charge in [0.15, 0.2) is 0 Å². The number of benzene rings is 2. The van der Waals surface area contributed by atoms with Crippen molar-refractivity contribution in [2.24, 2.45) is 5.10 Å². The molecule has 9 nitrogen and oxygen atoms in total. The number of rotatable bonds is 8. The van der Waals surface area contributed by atoms with Crippen LogP contribution in [0.2, 0.25) is 0 Å². The second kappa shape index (κ2) is 9.66. The van der Waals surface area contributed by atoms with E-state index in [9.17, 15) is 24.8 Å². The fourth-order valence-electron chi connectivity index (χ4n) is 2.11. The number of phenols is 1. The molecule has 2 amide bonds. The number of nitro benzene ring substituents is 1. The summed E-state index contributed by atoms with van der Waals surface area (Å²) in [6, 6.07) is 11.8. The molecule has 2 rings (SSSR count). The number of carbonyl (C=O) groups is 2. The normalized spacial score (nSPS) is 10.5. The van der Waals surface area contributed by atoms with Crippen molar-refractivity contribution in [3.63, 3.8) is 0 Å². The SMILES string of the molecule is O=C(CCCNC(=O)c1ccc([N+](=O)[O-])cc1)N/N=C/c1ccccc1O. The molecule has 0 radical (unpaired) electrons. The Bertz CT molecular complexity index is 849. The maximum Gasteiger partial charge on any atom is 0.269 e. The topological polar surface area (TPSA) is 134 Å². The molecule has 0 unspecified atom stereocenters. The van der Waals surface area contributed by atoms with E-state index in [4.69, 9.17) is 0 Å². The Hall–Kier alpha value is -3.75. The molecule has 0 atom stereocenters. The van der Waals surface area contributed by atoms with Crippen LogP contribution in [0.3, 0.4) is 0 Å². The minimum Gasteiger partial charge on any atom is -0.507 e. The average molecular weight is 370 g/mol. The minimum absolute atomic E-state index is 0.0597. The van der Waals surface area contributed by atoms with Crippen LogP contribution in [0.4, 0.5) is 5.69 Å². The first-order valence-electron chi connectivity index (χ1n) is 8.10. The van der Waals surface area contributed by atoms with Gasteiger partial charge >= 0.3 is 0 Å². The third kappa shape index (κ3) is 6.24. The largest absolute Gasteiger partial charge is 0.507 e. The smallest absolute Gasteiger partial charge is 0.269 e. The monoisotopic (exact) mass is 370 g/mol. The van der Waals surface area contributed by atoms with Crippen molar-refractivity contribution < 1.29 is 19.6 Å². The summed E-state index contributed by atoms with van der Waals surface area (Å²) in [6.45, 7) is 0.270. The number of para-hydroxylation sites is 1. The second-order valence-corrected chi connectivity index (χ2v) is 5.52. The van der Waals surface area contributed by atoms with Crippen LogP contribution in [0.25, 0.3) is 0 Å². The van der Waals surface area contributed by atoms with Crippen molar-refractivity contribution in [1.29, 1.82) is 0 Å². The van der Waals surface area contributed by atoms with Gasteiger partial charge in [0, 0.05) is 36.2 Å². The van der Waals surface area contributed by atoms with Gasteiger partial charge in [0.2, 0.25) is 5.91 Å². The van der Waals surface area contributed by atoms with Crippen LogP contribution in [-0.2, 0) is 4.79 Å². The third-order valence-electron chi connectivity index (χ3n) is 3.54. The molecular formula is C18H18N4O5. The number of carbonyl (C=O) groups excluding carboxylic acids is 2. The summed E-state index contributed by atoms with van der Waals surface area (Å²) < 4.78 is 0. The van der Waals surface area contributed by atoms with E-state index in [0.29, 0.717) is 17.5 Å². The zero-order valence-electron chi connectivity index (χ0n) is 14.3. The van der Waals surface area contributed by atoms with Crippen molar-refractivity contribution in [1.82, 2.24) is 10.7 Å². The summed E-state index contributed by atoms with van der Waals surface area (Å²) in [7, 11) is 0. The van der Waals surface area contributed by atoms with E-state index in [2.05, 4.69) is 15.8 Å². The van der Waals surface area contributed by atoms with Gasteiger partial charge in [0.1, 0.15) is 5.75 Å². The number of non-ortho nitro benzene ring substituents is 1. The fraction of sp³-hybridized carbons (Fsp3) is 0.167. The van der Waals surface area contributed by atoms with Crippen molar-refractivity contribution in [3.8, 4) is 5.75 Å². The summed E-state index contributed by atoms with van der Waals surface area (Å²) in [6.07, 6.45) is 1.89. The lowest BCUT2D eigenvalue weighted by molar-refractivity contribution is -0.384. The Morgan fingerprint density at radius 3 is 2.52 bits per heavy atom. The highest BCUT2D eigenvalue weighted by Crippen LogP contribution is 2.13. The summed E-state index contributed by atoms with van der Waals surface area (Å²) in [5.41, 5.74) is 3.03. The first-order chi connectivity index (χ1) is 13.0. The van der Waals surface area contributed by atoms with Gasteiger partial charge in [-0.1, -0.05) is 12.1 Å². The number of amides is 2. The number of nitrogens with one attached hydrogen (secondary N) is 2. The van der Waals surface area contributed by atoms with E-state index in [-0.39, 0.29) is 36.2 Å². The van der Waals surface area contributed by atoms with Crippen LogP contribution in [0, 0.1) is 10.1 Å². The lowest BCUT2D eigenvalue weighted by Crippen LogP contribution is -2.26. The first kappa shape index (κ1) is 19.6. The van der Waals surface area contributed by atoms with Crippen LogP contribution >= 0.6 is 0 Å². The Morgan fingerprint density at radius 1 is 1.15 bits per heavy atom. The highest BCUT2D eigenvalue weighted by Gasteiger charge is 2.09. The number of nitrogens with zero attached hydrogens (tertiary/aromatic N) is 2. The van der Waals surface area contributed by atoms with Crippen molar-refractivity contribution in [3.05, 3.63) is 69.8 Å². The second-order valence-electron chi connectivity index (χ2n) is 5.52. The molecule has 0 saturated heterocycles. The van der Waals surface area contributed by atoms with Gasteiger partial charge in [0.25, 0.3) is 11.6 Å². The van der Waals surface area contributed by atoms with Crippen LogP contribution in [0.5, 0.6) is 5.75 Å². The standard InChI is InChI=1S/C18H18N4O5/c23-16-5-2-1-4-14(16)12-20-21-17(24)6-3-11-19-18(25)13-7-9-15(10-8-13)22(26)27/h1-2,4-5,7-10,12,23H,3,6,11H2,(H,19,25)(H,21,24)/b20-12+. The Balaban J connectivity index is 1.68. The van der Waals surface area contributed by atoms with Crippen molar-refractivity contribution >= 4 is 23.7 Å². The summed E-state index contributed by atoms with van der Waals surface area (Å²) in [5, 5.41) is 26.5. The molecule has 0 aliphatic carbocycles. The predicted octanol–water partition coefficient (Wildman–Crippen LogP) is 1.96. The molecule has 9 heteroatoms. The van der Waals surface area contributed by atoms with E-state index in [1.54, 1.807) is 18.2 Å². The summed E-state index contributed by atoms with van der Waals surface area (Å²) >= 11 is 0. The maximum absolute atomic E-state index is 11.9. The zero-order chi connectivity index (χ0) is 19.6. The van der Waals surface area contributed by atoms with Gasteiger partial charge in [-0.2, -0.15) is 5.10 Å². The molecule has 27 heavy (non-hydrogen) atoms. The van der Waals surface area contributed by atoms with E-state index < -0.39 is 4.92 Å². The number of hydrogen-bond acceptors (Lipinski definition) is 6. The highest BCUT2D eigenvalue weighted by molar-refractivity contribution is 5.94. The van der Waals surface area contributed by atoms with Crippen LogP contribution in [-0.4, -0.2) is 34.6 Å². The quantitative estimate of drug-likeness (QED) is 0.283. The van der Waals surface area contributed by atoms with Gasteiger partial charge in [-0.3, -0.25) is 19.7 Å². The van der Waals surface area contributed by atoms with Crippen LogP contribution in [0.1, 0.15) is 28.8 Å². The molecule has 3 N–H and O–H groups in total. The van der Waals surface area contributed by atoms with E-state index in [1.807, 2.05) is 0 Å². The number of aromatic hydroxyl groups is 1. The summed E-state index contributed by atoms with van der Waals surface area (Å²) in [5.74, 6) is -0.640. The predicted molar refractivity (Wildman–Crippen MR) is 98.5 cm³/mol. The van der Waals surface area contributed by atoms with Gasteiger partial charge in [-0.15, -0.1) is 0 Å². The number of hydrogen-bond donors (Lipinski definition) is 3. The molecule has 0 heterocycles. The van der Waals surface area contributed by atoms with Gasteiger partial charge in [0.05, 0.1) is 11.1 Å². The average Bonchev–Trinajstić information content (AvgIpc) is 2.66. The highest BCUT2D eigenvalue weighted by atomic mass is 16.6. The molecule has 140 valence electrons. The molecule has 0 saturated carbocycles. The Labute approximate surface area is 154 Å². The zero-order valence-corrected chi connectivity index (χ0v) is 14.3. The molecular weight excluding hydrogens is 352 g/mol. The number of hydrazone groups is 1. The van der Waals surface area contributed by atoms with Crippen LogP contribution < -0.4 is 10.7 Å². The molecule has 0 aromatic heterocycles. The third-order valence-corrected chi connectivity index (χ3v) is 3.54. The molecule has 0 fully saturated rings. The Morgan fingerprint density at radius 2 is 1.85 bits per heavy atom. The minimum atomic E-state index is -0.540. The maximum atomic E-state index is 11.9. The van der Waals surface area contributed by atoms with E-state index in [1.165, 1.54) is 36.5 Å². The van der Waals surface area contributed by atoms with E-state index in [0.717, 1.165) is 0 Å². The van der Waals surface area contributed by atoms with Crippen molar-refractivity contribution in [2.75, 3.05) is 6.54 Å².